The SMILES string of the molecule is C=C(C)C(=O)OCC=Cc1ccc2cc(-c3ccc(OC(=O)C(=C)C)cc3)ccc2c1. The third-order valence-corrected chi connectivity index (χ3v) is 4.58. The summed E-state index contributed by atoms with van der Waals surface area (Å²) in [6.07, 6.45) is 3.72. The summed E-state index contributed by atoms with van der Waals surface area (Å²) in [5, 5.41) is 2.22. The number of esters is 2. The third kappa shape index (κ3) is 5.80. The summed E-state index contributed by atoms with van der Waals surface area (Å²) in [4.78, 5) is 23.0. The smallest absolute Gasteiger partial charge is 0.338 e. The van der Waals surface area contributed by atoms with Crippen LogP contribution in [0.3, 0.4) is 0 Å². The van der Waals surface area contributed by atoms with Crippen LogP contribution in [-0.2, 0) is 14.3 Å². The van der Waals surface area contributed by atoms with Gasteiger partial charge in [-0.25, -0.2) is 9.59 Å². The van der Waals surface area contributed by atoms with Gasteiger partial charge in [-0.1, -0.05) is 55.6 Å². The summed E-state index contributed by atoms with van der Waals surface area (Å²) >= 11 is 0. The van der Waals surface area contributed by atoms with Crippen LogP contribution in [0.4, 0.5) is 0 Å². The highest BCUT2D eigenvalue weighted by Gasteiger charge is 2.06. The van der Waals surface area contributed by atoms with Gasteiger partial charge >= 0.3 is 11.9 Å². The fourth-order valence-electron chi connectivity index (χ4n) is 2.89. The Balaban J connectivity index is 1.71. The van der Waals surface area contributed by atoms with Gasteiger partial charge in [-0.3, -0.25) is 0 Å². The summed E-state index contributed by atoms with van der Waals surface area (Å²) in [6, 6.07) is 19.8. The monoisotopic (exact) mass is 412 g/mol. The lowest BCUT2D eigenvalue weighted by molar-refractivity contribution is -0.137. The predicted molar refractivity (Wildman–Crippen MR) is 125 cm³/mol. The summed E-state index contributed by atoms with van der Waals surface area (Å²) in [7, 11) is 0. The number of carbonyl (C=O) groups excluding carboxylic acids is 2. The molecule has 0 aliphatic carbocycles. The maximum absolute atomic E-state index is 11.6. The Morgan fingerprint density at radius 1 is 0.806 bits per heavy atom. The van der Waals surface area contributed by atoms with Gasteiger partial charge in [0, 0.05) is 11.1 Å². The Bertz CT molecular complexity index is 1180. The first-order valence-electron chi connectivity index (χ1n) is 9.84. The number of carbonyl (C=O) groups is 2. The minimum atomic E-state index is -0.433. The van der Waals surface area contributed by atoms with Crippen LogP contribution in [0.2, 0.25) is 0 Å². The molecule has 0 atom stereocenters. The first-order chi connectivity index (χ1) is 14.8. The lowest BCUT2D eigenvalue weighted by Gasteiger charge is -2.07. The molecule has 0 heterocycles. The van der Waals surface area contributed by atoms with E-state index in [2.05, 4.69) is 43.5 Å². The highest BCUT2D eigenvalue weighted by atomic mass is 16.5. The molecule has 0 saturated carbocycles. The van der Waals surface area contributed by atoms with E-state index < -0.39 is 11.9 Å². The van der Waals surface area contributed by atoms with E-state index in [4.69, 9.17) is 9.47 Å². The molecule has 0 aromatic heterocycles. The second-order valence-corrected chi connectivity index (χ2v) is 7.30. The Morgan fingerprint density at radius 3 is 2.10 bits per heavy atom. The Hall–Kier alpha value is -3.92. The van der Waals surface area contributed by atoms with Gasteiger partial charge in [0.15, 0.2) is 0 Å². The van der Waals surface area contributed by atoms with Crippen molar-refractivity contribution in [1.29, 1.82) is 0 Å². The molecule has 0 saturated heterocycles. The maximum Gasteiger partial charge on any atom is 0.338 e. The topological polar surface area (TPSA) is 52.6 Å². The second-order valence-electron chi connectivity index (χ2n) is 7.30. The van der Waals surface area contributed by atoms with E-state index in [0.29, 0.717) is 16.9 Å². The van der Waals surface area contributed by atoms with Crippen molar-refractivity contribution in [3.8, 4) is 16.9 Å². The molecule has 4 nitrogen and oxygen atoms in total. The van der Waals surface area contributed by atoms with E-state index in [1.807, 2.05) is 24.3 Å². The Morgan fingerprint density at radius 2 is 1.42 bits per heavy atom. The average molecular weight is 412 g/mol. The minimum Gasteiger partial charge on any atom is -0.458 e. The van der Waals surface area contributed by atoms with E-state index in [1.165, 1.54) is 0 Å². The fourth-order valence-corrected chi connectivity index (χ4v) is 2.89. The van der Waals surface area contributed by atoms with Gasteiger partial charge in [-0.05, 0) is 71.7 Å². The van der Waals surface area contributed by atoms with Crippen molar-refractivity contribution >= 4 is 28.8 Å². The molecule has 4 heteroatoms. The van der Waals surface area contributed by atoms with Gasteiger partial charge in [-0.2, -0.15) is 0 Å². The second kappa shape index (κ2) is 9.72. The van der Waals surface area contributed by atoms with Crippen LogP contribution in [0.1, 0.15) is 19.4 Å². The van der Waals surface area contributed by atoms with Gasteiger partial charge in [0.1, 0.15) is 12.4 Å². The van der Waals surface area contributed by atoms with E-state index in [9.17, 15) is 9.59 Å². The van der Waals surface area contributed by atoms with Crippen molar-refractivity contribution in [2.24, 2.45) is 0 Å². The van der Waals surface area contributed by atoms with Crippen molar-refractivity contribution < 1.29 is 19.1 Å². The standard InChI is InChI=1S/C27H24O4/c1-18(2)26(28)30-15-5-6-20-7-8-24-17-23(10-9-22(24)16-20)21-11-13-25(14-12-21)31-27(29)19(3)4/h5-14,16-17H,1,3,15H2,2,4H3. The molecular weight excluding hydrogens is 388 g/mol. The van der Waals surface area contributed by atoms with E-state index in [-0.39, 0.29) is 6.61 Å². The zero-order chi connectivity index (χ0) is 22.4. The fraction of sp³-hybridized carbons (Fsp3) is 0.111. The van der Waals surface area contributed by atoms with Crippen LogP contribution in [-0.4, -0.2) is 18.5 Å². The van der Waals surface area contributed by atoms with E-state index in [1.54, 1.807) is 32.1 Å². The molecule has 0 aliphatic heterocycles. The third-order valence-electron chi connectivity index (χ3n) is 4.58. The molecule has 3 rings (SSSR count). The van der Waals surface area contributed by atoms with E-state index >= 15 is 0 Å². The molecule has 0 bridgehead atoms. The Labute approximate surface area is 182 Å². The van der Waals surface area contributed by atoms with Gasteiger partial charge in [0.05, 0.1) is 0 Å². The number of rotatable bonds is 7. The van der Waals surface area contributed by atoms with Gasteiger partial charge in [-0.15, -0.1) is 0 Å². The minimum absolute atomic E-state index is 0.209. The summed E-state index contributed by atoms with van der Waals surface area (Å²) in [5.41, 5.74) is 3.87. The summed E-state index contributed by atoms with van der Waals surface area (Å²) in [5.74, 6) is -0.335. The van der Waals surface area contributed by atoms with Crippen LogP contribution in [0, 0.1) is 0 Å². The molecule has 0 fully saturated rings. The average Bonchev–Trinajstić information content (AvgIpc) is 2.76. The molecule has 156 valence electrons. The quantitative estimate of drug-likeness (QED) is 0.266. The van der Waals surface area contributed by atoms with Crippen molar-refractivity contribution in [2.45, 2.75) is 13.8 Å². The first kappa shape index (κ1) is 21.8. The molecule has 0 aliphatic rings. The summed E-state index contributed by atoms with van der Waals surface area (Å²) in [6.45, 7) is 10.6. The molecule has 0 amide bonds. The van der Waals surface area contributed by atoms with Gasteiger partial charge < -0.3 is 9.47 Å². The highest BCUT2D eigenvalue weighted by molar-refractivity contribution is 5.90. The molecule has 3 aromatic carbocycles. The maximum atomic E-state index is 11.6. The highest BCUT2D eigenvalue weighted by Crippen LogP contribution is 2.27. The molecule has 31 heavy (non-hydrogen) atoms. The van der Waals surface area contributed by atoms with Crippen molar-refractivity contribution in [3.05, 3.63) is 96.6 Å². The van der Waals surface area contributed by atoms with Crippen molar-refractivity contribution in [2.75, 3.05) is 6.61 Å². The van der Waals surface area contributed by atoms with Crippen LogP contribution in [0.5, 0.6) is 5.75 Å². The summed E-state index contributed by atoms with van der Waals surface area (Å²) < 4.78 is 10.3. The number of hydrogen-bond donors (Lipinski definition) is 0. The lowest BCUT2D eigenvalue weighted by Crippen LogP contribution is -2.07. The Kier molecular flexibility index (Phi) is 6.83. The predicted octanol–water partition coefficient (Wildman–Crippen LogP) is 6.12. The van der Waals surface area contributed by atoms with E-state index in [0.717, 1.165) is 27.5 Å². The zero-order valence-electron chi connectivity index (χ0n) is 17.7. The molecular formula is C27H24O4. The number of fused-ring (bicyclic) bond motifs is 1. The van der Waals surface area contributed by atoms with Crippen LogP contribution >= 0.6 is 0 Å². The number of benzene rings is 3. The lowest BCUT2D eigenvalue weighted by atomic mass is 10.00. The van der Waals surface area contributed by atoms with Crippen LogP contribution < -0.4 is 4.74 Å². The van der Waals surface area contributed by atoms with Crippen molar-refractivity contribution in [1.82, 2.24) is 0 Å². The van der Waals surface area contributed by atoms with Crippen LogP contribution in [0.25, 0.3) is 28.0 Å². The van der Waals surface area contributed by atoms with Gasteiger partial charge in [0.2, 0.25) is 0 Å². The van der Waals surface area contributed by atoms with Crippen molar-refractivity contribution in [3.63, 3.8) is 0 Å². The number of hydrogen-bond acceptors (Lipinski definition) is 4. The molecule has 0 unspecified atom stereocenters. The zero-order valence-corrected chi connectivity index (χ0v) is 17.7. The molecule has 0 N–H and O–H groups in total. The molecule has 0 radical (unpaired) electrons. The van der Waals surface area contributed by atoms with Crippen LogP contribution in [0.15, 0.2) is 91.0 Å². The number of ether oxygens (including phenoxy) is 2. The molecule has 0 spiro atoms. The molecule has 3 aromatic rings. The largest absolute Gasteiger partial charge is 0.458 e. The normalized spacial score (nSPS) is 10.8. The van der Waals surface area contributed by atoms with Gasteiger partial charge in [0.25, 0.3) is 0 Å². The first-order valence-corrected chi connectivity index (χ1v) is 9.84.